The van der Waals surface area contributed by atoms with Gasteiger partial charge in [-0.25, -0.2) is 13.8 Å². The predicted molar refractivity (Wildman–Crippen MR) is 69.2 cm³/mol. The van der Waals surface area contributed by atoms with Crippen molar-refractivity contribution in [2.75, 3.05) is 12.4 Å². The summed E-state index contributed by atoms with van der Waals surface area (Å²) in [5.74, 6) is -0.466. The van der Waals surface area contributed by atoms with Crippen LogP contribution in [0.15, 0.2) is 30.5 Å². The van der Waals surface area contributed by atoms with Crippen molar-refractivity contribution in [1.82, 2.24) is 4.98 Å². The molecule has 1 N–H and O–H groups in total. The molecule has 2 rings (SSSR count). The summed E-state index contributed by atoms with van der Waals surface area (Å²) in [7, 11) is 1.51. The Bertz CT molecular complexity index is 588. The van der Waals surface area contributed by atoms with Gasteiger partial charge < -0.3 is 10.1 Å². The van der Waals surface area contributed by atoms with Crippen molar-refractivity contribution < 1.29 is 13.5 Å². The molecule has 100 valence electrons. The normalized spacial score (nSPS) is 10.3. The Labute approximate surface area is 110 Å². The van der Waals surface area contributed by atoms with Crippen molar-refractivity contribution in [2.45, 2.75) is 13.5 Å². The van der Waals surface area contributed by atoms with E-state index < -0.39 is 11.6 Å². The van der Waals surface area contributed by atoms with Gasteiger partial charge in [0.2, 0.25) is 5.88 Å². The molecule has 1 heterocycles. The maximum absolute atomic E-state index is 13.6. The van der Waals surface area contributed by atoms with E-state index in [2.05, 4.69) is 10.3 Å². The summed E-state index contributed by atoms with van der Waals surface area (Å²) in [6.45, 7) is 1.82. The lowest BCUT2D eigenvalue weighted by Gasteiger charge is -2.11. The number of rotatable bonds is 4. The third-order valence-corrected chi connectivity index (χ3v) is 2.76. The van der Waals surface area contributed by atoms with E-state index in [1.54, 1.807) is 18.3 Å². The maximum atomic E-state index is 13.6. The van der Waals surface area contributed by atoms with Crippen molar-refractivity contribution in [3.8, 4) is 5.88 Å². The highest BCUT2D eigenvalue weighted by molar-refractivity contribution is 5.47. The molecule has 1 aromatic heterocycles. The van der Waals surface area contributed by atoms with Gasteiger partial charge in [0, 0.05) is 24.4 Å². The molecule has 0 aliphatic carbocycles. The lowest BCUT2D eigenvalue weighted by Crippen LogP contribution is -2.05. The van der Waals surface area contributed by atoms with Crippen LogP contribution < -0.4 is 10.1 Å². The fraction of sp³-hybridized carbons (Fsp3) is 0.214. The number of nitrogens with zero attached hydrogens (tertiary/aromatic N) is 1. The fourth-order valence-electron chi connectivity index (χ4n) is 1.71. The molecule has 0 bridgehead atoms. The zero-order chi connectivity index (χ0) is 13.8. The van der Waals surface area contributed by atoms with Crippen molar-refractivity contribution >= 4 is 5.69 Å². The lowest BCUT2D eigenvalue weighted by molar-refractivity contribution is 0.393. The molecule has 0 fully saturated rings. The van der Waals surface area contributed by atoms with E-state index in [1.165, 1.54) is 14.0 Å². The molecule has 19 heavy (non-hydrogen) atoms. The number of anilines is 1. The Kier molecular flexibility index (Phi) is 3.94. The lowest BCUT2D eigenvalue weighted by atomic mass is 10.2. The Balaban J connectivity index is 2.17. The topological polar surface area (TPSA) is 34.1 Å². The SMILES string of the molecule is COc1ncccc1CNc1cc(F)c(C)cc1F. The molecule has 1 aromatic carbocycles. The standard InChI is InChI=1S/C14H14F2N2O/c1-9-6-12(16)13(7-11(9)15)18-8-10-4-3-5-17-14(10)19-2/h3-7,18H,8H2,1-2H3. The third-order valence-electron chi connectivity index (χ3n) is 2.76. The number of halogens is 2. The molecule has 0 saturated heterocycles. The minimum absolute atomic E-state index is 0.119. The van der Waals surface area contributed by atoms with Gasteiger partial charge in [0.05, 0.1) is 12.8 Å². The number of pyridine rings is 1. The highest BCUT2D eigenvalue weighted by atomic mass is 19.1. The first-order valence-electron chi connectivity index (χ1n) is 5.79. The van der Waals surface area contributed by atoms with Crippen molar-refractivity contribution in [3.63, 3.8) is 0 Å². The number of aromatic nitrogens is 1. The Morgan fingerprint density at radius 3 is 2.79 bits per heavy atom. The second-order valence-electron chi connectivity index (χ2n) is 4.11. The molecule has 3 nitrogen and oxygen atoms in total. The quantitative estimate of drug-likeness (QED) is 0.920. The van der Waals surface area contributed by atoms with E-state index in [0.29, 0.717) is 12.4 Å². The smallest absolute Gasteiger partial charge is 0.218 e. The van der Waals surface area contributed by atoms with Gasteiger partial charge in [-0.15, -0.1) is 0 Å². The molecule has 0 radical (unpaired) electrons. The van der Waals surface area contributed by atoms with Crippen LogP contribution in [0.5, 0.6) is 5.88 Å². The monoisotopic (exact) mass is 264 g/mol. The Hall–Kier alpha value is -2.17. The van der Waals surface area contributed by atoms with Crippen LogP contribution in [0.1, 0.15) is 11.1 Å². The molecule has 0 saturated carbocycles. The molecular formula is C14H14F2N2O. The average molecular weight is 264 g/mol. The van der Waals surface area contributed by atoms with Gasteiger partial charge in [-0.05, 0) is 24.6 Å². The third kappa shape index (κ3) is 2.99. The van der Waals surface area contributed by atoms with Crippen LogP contribution in [-0.4, -0.2) is 12.1 Å². The van der Waals surface area contributed by atoms with Crippen LogP contribution in [0.4, 0.5) is 14.5 Å². The van der Waals surface area contributed by atoms with Crippen molar-refractivity contribution in [2.24, 2.45) is 0 Å². The molecule has 0 atom stereocenters. The summed E-state index contributed by atoms with van der Waals surface area (Å²) in [5, 5.41) is 2.84. The van der Waals surface area contributed by atoms with E-state index >= 15 is 0 Å². The molecular weight excluding hydrogens is 250 g/mol. The number of methoxy groups -OCH3 is 1. The summed E-state index contributed by atoms with van der Waals surface area (Å²) in [5.41, 5.74) is 1.17. The molecule has 0 amide bonds. The number of benzene rings is 1. The molecule has 2 aromatic rings. The average Bonchev–Trinajstić information content (AvgIpc) is 2.41. The maximum Gasteiger partial charge on any atom is 0.218 e. The molecule has 0 unspecified atom stereocenters. The molecule has 5 heteroatoms. The second-order valence-corrected chi connectivity index (χ2v) is 4.11. The van der Waals surface area contributed by atoms with E-state index in [1.807, 2.05) is 0 Å². The van der Waals surface area contributed by atoms with E-state index in [0.717, 1.165) is 17.7 Å². The largest absolute Gasteiger partial charge is 0.481 e. The van der Waals surface area contributed by atoms with E-state index in [9.17, 15) is 8.78 Å². The van der Waals surface area contributed by atoms with Crippen molar-refractivity contribution in [3.05, 3.63) is 53.2 Å². The van der Waals surface area contributed by atoms with E-state index in [-0.39, 0.29) is 11.3 Å². The number of aryl methyl sites for hydroxylation is 1. The summed E-state index contributed by atoms with van der Waals surface area (Å²) in [4.78, 5) is 4.03. The number of nitrogens with one attached hydrogen (secondary N) is 1. The zero-order valence-corrected chi connectivity index (χ0v) is 10.7. The van der Waals surface area contributed by atoms with Crippen LogP contribution in [0.25, 0.3) is 0 Å². The number of hydrogen-bond acceptors (Lipinski definition) is 3. The van der Waals surface area contributed by atoms with Gasteiger partial charge in [0.15, 0.2) is 0 Å². The summed E-state index contributed by atoms with van der Waals surface area (Å²) >= 11 is 0. The summed E-state index contributed by atoms with van der Waals surface area (Å²) < 4.78 is 32.1. The zero-order valence-electron chi connectivity index (χ0n) is 10.7. The van der Waals surface area contributed by atoms with Crippen LogP contribution >= 0.6 is 0 Å². The van der Waals surface area contributed by atoms with Gasteiger partial charge in [0.25, 0.3) is 0 Å². The van der Waals surface area contributed by atoms with Crippen LogP contribution in [0.2, 0.25) is 0 Å². The molecule has 0 aliphatic rings. The Morgan fingerprint density at radius 1 is 1.26 bits per heavy atom. The first kappa shape index (κ1) is 13.3. The van der Waals surface area contributed by atoms with Crippen LogP contribution in [0.3, 0.4) is 0 Å². The highest BCUT2D eigenvalue weighted by Crippen LogP contribution is 2.21. The first-order valence-corrected chi connectivity index (χ1v) is 5.79. The van der Waals surface area contributed by atoms with E-state index in [4.69, 9.17) is 4.74 Å². The first-order chi connectivity index (χ1) is 9.11. The van der Waals surface area contributed by atoms with Crippen molar-refractivity contribution in [1.29, 1.82) is 0 Å². The Morgan fingerprint density at radius 2 is 2.05 bits per heavy atom. The predicted octanol–water partition coefficient (Wildman–Crippen LogP) is 3.29. The van der Waals surface area contributed by atoms with Crippen LogP contribution in [-0.2, 0) is 6.54 Å². The van der Waals surface area contributed by atoms with Crippen LogP contribution in [0, 0.1) is 18.6 Å². The summed E-state index contributed by atoms with van der Waals surface area (Å²) in [6.07, 6.45) is 1.61. The van der Waals surface area contributed by atoms with Gasteiger partial charge in [-0.2, -0.15) is 0 Å². The minimum atomic E-state index is -0.484. The minimum Gasteiger partial charge on any atom is -0.481 e. The molecule has 0 aliphatic heterocycles. The van der Waals surface area contributed by atoms with Gasteiger partial charge >= 0.3 is 0 Å². The number of ether oxygens (including phenoxy) is 1. The number of hydrogen-bond donors (Lipinski definition) is 1. The second kappa shape index (κ2) is 5.65. The summed E-state index contributed by atoms with van der Waals surface area (Å²) in [6, 6.07) is 5.87. The molecule has 0 spiro atoms. The highest BCUT2D eigenvalue weighted by Gasteiger charge is 2.08. The van der Waals surface area contributed by atoms with Gasteiger partial charge in [-0.3, -0.25) is 0 Å². The fourth-order valence-corrected chi connectivity index (χ4v) is 1.71. The van der Waals surface area contributed by atoms with Gasteiger partial charge in [0.1, 0.15) is 11.6 Å². The van der Waals surface area contributed by atoms with Gasteiger partial charge in [-0.1, -0.05) is 6.07 Å².